The molecule has 4 N–H and O–H groups in total. The van der Waals surface area contributed by atoms with E-state index in [9.17, 15) is 4.79 Å². The molecule has 1 heterocycles. The van der Waals surface area contributed by atoms with Crippen molar-refractivity contribution in [2.24, 2.45) is 5.73 Å². The third-order valence-corrected chi connectivity index (χ3v) is 6.78. The topological polar surface area (TPSA) is 81.3 Å². The van der Waals surface area contributed by atoms with Crippen molar-refractivity contribution in [3.8, 4) is 29.0 Å². The van der Waals surface area contributed by atoms with Gasteiger partial charge in [0.2, 0.25) is 0 Å². The van der Waals surface area contributed by atoms with Crippen LogP contribution < -0.4 is 21.1 Å². The molecule has 2 aliphatic carbocycles. The number of carbonyl (C=O) groups excluding carboxylic acids is 1. The van der Waals surface area contributed by atoms with Crippen LogP contribution in [-0.2, 0) is 0 Å². The van der Waals surface area contributed by atoms with Gasteiger partial charge in [-0.25, -0.2) is 4.79 Å². The predicted molar refractivity (Wildman–Crippen MR) is 132 cm³/mol. The molecule has 6 nitrogen and oxygen atoms in total. The molecule has 3 aromatic rings. The lowest BCUT2D eigenvalue weighted by Gasteiger charge is -2.30. The Morgan fingerprint density at radius 3 is 2.48 bits per heavy atom. The Morgan fingerprint density at radius 2 is 1.88 bits per heavy atom. The maximum Gasteiger partial charge on any atom is 0.319 e. The Balaban J connectivity index is 1.53. The number of nitrogens with two attached hydrogens (primary N) is 1. The van der Waals surface area contributed by atoms with E-state index in [4.69, 9.17) is 10.5 Å². The fourth-order valence-electron chi connectivity index (χ4n) is 4.67. The summed E-state index contributed by atoms with van der Waals surface area (Å²) in [5.74, 6) is 4.02. The number of amides is 2. The molecular formula is C27H30N4O2. The van der Waals surface area contributed by atoms with Crippen molar-refractivity contribution in [2.45, 2.75) is 57.5 Å². The highest BCUT2D eigenvalue weighted by Gasteiger charge is 2.27. The number of hydrogen-bond acceptors (Lipinski definition) is 3. The molecular weight excluding hydrogens is 412 g/mol. The van der Waals surface area contributed by atoms with Crippen LogP contribution in [0.15, 0.2) is 42.5 Å². The van der Waals surface area contributed by atoms with Gasteiger partial charge >= 0.3 is 6.03 Å². The average Bonchev–Trinajstić information content (AvgIpc) is 3.04. The summed E-state index contributed by atoms with van der Waals surface area (Å²) in [6.45, 7) is 2.62. The van der Waals surface area contributed by atoms with Gasteiger partial charge in [0.25, 0.3) is 0 Å². The van der Waals surface area contributed by atoms with Crippen LogP contribution >= 0.6 is 0 Å². The lowest BCUT2D eigenvalue weighted by molar-refractivity contribution is 0.240. The fourth-order valence-corrected chi connectivity index (χ4v) is 4.67. The second-order valence-corrected chi connectivity index (χ2v) is 8.86. The van der Waals surface area contributed by atoms with Crippen molar-refractivity contribution in [3.05, 3.63) is 48.0 Å². The van der Waals surface area contributed by atoms with E-state index >= 15 is 0 Å². The van der Waals surface area contributed by atoms with Crippen molar-refractivity contribution < 1.29 is 9.53 Å². The van der Waals surface area contributed by atoms with Gasteiger partial charge in [0.1, 0.15) is 5.75 Å². The maximum atomic E-state index is 12.2. The second-order valence-electron chi connectivity index (χ2n) is 8.86. The minimum absolute atomic E-state index is 0.144. The van der Waals surface area contributed by atoms with Gasteiger partial charge in [0.15, 0.2) is 0 Å². The van der Waals surface area contributed by atoms with Crippen molar-refractivity contribution >= 4 is 22.6 Å². The van der Waals surface area contributed by atoms with Crippen LogP contribution in [0.25, 0.3) is 22.2 Å². The van der Waals surface area contributed by atoms with Gasteiger partial charge in [-0.05, 0) is 81.2 Å². The normalized spacial score (nSPS) is 15.8. The number of anilines is 1. The highest BCUT2D eigenvalue weighted by molar-refractivity contribution is 5.96. The molecule has 0 aliphatic heterocycles. The molecule has 0 radical (unpaired) electrons. The number of aromatic nitrogens is 1. The average molecular weight is 443 g/mol. The summed E-state index contributed by atoms with van der Waals surface area (Å²) >= 11 is 0. The molecule has 0 unspecified atom stereocenters. The second kappa shape index (κ2) is 9.11. The summed E-state index contributed by atoms with van der Waals surface area (Å²) in [7, 11) is 0. The smallest absolute Gasteiger partial charge is 0.319 e. The molecule has 170 valence electrons. The first kappa shape index (κ1) is 21.3. The zero-order chi connectivity index (χ0) is 22.8. The van der Waals surface area contributed by atoms with Crippen LogP contribution in [0.5, 0.6) is 5.75 Å². The lowest BCUT2D eigenvalue weighted by Crippen LogP contribution is -2.41. The Labute approximate surface area is 194 Å². The maximum absolute atomic E-state index is 12.2. The van der Waals surface area contributed by atoms with Gasteiger partial charge in [-0.1, -0.05) is 12.1 Å². The molecule has 2 fully saturated rings. The summed E-state index contributed by atoms with van der Waals surface area (Å²) in [4.78, 5) is 12.2. The fraction of sp³-hybridized carbons (Fsp3) is 0.370. The lowest BCUT2D eigenvalue weighted by atomic mass is 9.92. The van der Waals surface area contributed by atoms with Crippen LogP contribution in [0.1, 0.15) is 57.1 Å². The van der Waals surface area contributed by atoms with Crippen molar-refractivity contribution in [3.63, 3.8) is 0 Å². The molecule has 2 amide bonds. The number of hydrogen-bond donors (Lipinski definition) is 3. The molecule has 2 aliphatic rings. The predicted octanol–water partition coefficient (Wildman–Crippen LogP) is 5.37. The minimum atomic E-state index is -0.144. The number of carbonyl (C=O) groups is 1. The van der Waals surface area contributed by atoms with E-state index in [1.54, 1.807) is 0 Å². The molecule has 6 heteroatoms. The van der Waals surface area contributed by atoms with Gasteiger partial charge in [-0.3, -0.25) is 0 Å². The molecule has 33 heavy (non-hydrogen) atoms. The Morgan fingerprint density at radius 1 is 1.12 bits per heavy atom. The number of fused-ring (bicyclic) bond motifs is 1. The minimum Gasteiger partial charge on any atom is -0.494 e. The Bertz CT molecular complexity index is 1220. The van der Waals surface area contributed by atoms with E-state index in [1.165, 1.54) is 12.8 Å². The quantitative estimate of drug-likeness (QED) is 0.354. The summed E-state index contributed by atoms with van der Waals surface area (Å²) in [6.07, 6.45) is 6.83. The van der Waals surface area contributed by atoms with E-state index in [2.05, 4.69) is 39.3 Å². The van der Waals surface area contributed by atoms with Crippen molar-refractivity contribution in [2.75, 3.05) is 11.9 Å². The standard InChI is InChI=1S/C27H30N4O2/c1-2-33-22-13-14-23-24(15-16-28)26(31(25(23)17-22)21-7-4-8-21)18-9-11-20(12-10-18)30-27(32)29-19-5-3-6-19/h9-14,17,19,21H,2-8,28H2,1H3,(H2,29,30,32). The van der Waals surface area contributed by atoms with E-state index in [1.807, 2.05) is 37.3 Å². The zero-order valence-corrected chi connectivity index (χ0v) is 19.0. The third kappa shape index (κ3) is 4.11. The Kier molecular flexibility index (Phi) is 5.87. The van der Waals surface area contributed by atoms with E-state index in [0.29, 0.717) is 18.7 Å². The molecule has 0 saturated heterocycles. The Hall–Kier alpha value is -3.59. The number of benzene rings is 2. The molecule has 5 rings (SSSR count). The number of ether oxygens (including phenoxy) is 1. The summed E-state index contributed by atoms with van der Waals surface area (Å²) in [5, 5.41) is 7.04. The molecule has 2 saturated carbocycles. The molecule has 0 spiro atoms. The monoisotopic (exact) mass is 442 g/mol. The number of urea groups is 1. The summed E-state index contributed by atoms with van der Waals surface area (Å²) in [5.41, 5.74) is 10.7. The van der Waals surface area contributed by atoms with E-state index in [-0.39, 0.29) is 6.03 Å². The third-order valence-electron chi connectivity index (χ3n) is 6.78. The van der Waals surface area contributed by atoms with Crippen LogP contribution in [0.4, 0.5) is 10.5 Å². The number of nitrogens with zero attached hydrogens (tertiary/aromatic N) is 1. The van der Waals surface area contributed by atoms with Crippen molar-refractivity contribution in [1.82, 2.24) is 9.88 Å². The van der Waals surface area contributed by atoms with Gasteiger partial charge < -0.3 is 25.7 Å². The molecule has 1 aromatic heterocycles. The van der Waals surface area contributed by atoms with Crippen molar-refractivity contribution in [1.29, 1.82) is 0 Å². The first-order valence-electron chi connectivity index (χ1n) is 11.9. The zero-order valence-electron chi connectivity index (χ0n) is 19.0. The molecule has 0 atom stereocenters. The van der Waals surface area contributed by atoms with Crippen LogP contribution in [0.2, 0.25) is 0 Å². The van der Waals surface area contributed by atoms with Crippen LogP contribution in [0, 0.1) is 12.0 Å². The number of rotatable bonds is 6. The highest BCUT2D eigenvalue weighted by atomic mass is 16.5. The summed E-state index contributed by atoms with van der Waals surface area (Å²) in [6, 6.07) is 17.4. The highest BCUT2D eigenvalue weighted by Crippen LogP contribution is 2.43. The van der Waals surface area contributed by atoms with Crippen LogP contribution in [-0.4, -0.2) is 23.2 Å². The van der Waals surface area contributed by atoms with Gasteiger partial charge in [-0.2, -0.15) is 0 Å². The summed E-state index contributed by atoms with van der Waals surface area (Å²) < 4.78 is 8.20. The van der Waals surface area contributed by atoms with Crippen LogP contribution in [0.3, 0.4) is 0 Å². The largest absolute Gasteiger partial charge is 0.494 e. The van der Waals surface area contributed by atoms with Gasteiger partial charge in [0.05, 0.1) is 23.4 Å². The molecule has 2 aromatic carbocycles. The van der Waals surface area contributed by atoms with Gasteiger partial charge in [0, 0.05) is 35.3 Å². The molecule has 0 bridgehead atoms. The first-order valence-corrected chi connectivity index (χ1v) is 11.9. The number of nitrogens with one attached hydrogen (secondary N) is 2. The van der Waals surface area contributed by atoms with Gasteiger partial charge in [-0.15, -0.1) is 0 Å². The SMILES string of the molecule is CCOc1ccc2c(C#CN)c(-c3ccc(NC(=O)NC4CCC4)cc3)n(C3CCC3)c2c1. The first-order chi connectivity index (χ1) is 16.2. The van der Waals surface area contributed by atoms with E-state index in [0.717, 1.165) is 64.8 Å². The van der Waals surface area contributed by atoms with E-state index < -0.39 is 0 Å².